The molecule has 0 heterocycles. The first-order valence-electron chi connectivity index (χ1n) is 6.80. The Morgan fingerprint density at radius 2 is 1.87 bits per heavy atom. The largest absolute Gasteiger partial charge is 0.484 e. The number of nitrogens with one attached hydrogen (secondary N) is 1. The number of halogens is 1. The van der Waals surface area contributed by atoms with Crippen LogP contribution in [-0.4, -0.2) is 18.2 Å². The summed E-state index contributed by atoms with van der Waals surface area (Å²) in [6, 6.07) is 14.2. The van der Waals surface area contributed by atoms with Crippen LogP contribution in [0.15, 0.2) is 53.6 Å². The van der Waals surface area contributed by atoms with Crippen LogP contribution in [-0.2, 0) is 4.79 Å². The van der Waals surface area contributed by atoms with Crippen LogP contribution in [0.25, 0.3) is 0 Å². The normalized spacial score (nSPS) is 10.7. The van der Waals surface area contributed by atoms with Crippen LogP contribution in [0, 0.1) is 17.1 Å². The number of carbonyl (C=O) groups excluding carboxylic acids is 1. The van der Waals surface area contributed by atoms with Gasteiger partial charge in [0.15, 0.2) is 6.61 Å². The molecule has 0 aliphatic heterocycles. The van der Waals surface area contributed by atoms with Crippen LogP contribution in [0.3, 0.4) is 0 Å². The molecule has 0 radical (unpaired) electrons. The third-order valence-corrected chi connectivity index (χ3v) is 2.96. The summed E-state index contributed by atoms with van der Waals surface area (Å²) in [5, 5.41) is 12.6. The van der Waals surface area contributed by atoms with Crippen molar-refractivity contribution in [3.63, 3.8) is 0 Å². The minimum absolute atomic E-state index is 0.202. The van der Waals surface area contributed by atoms with Crippen molar-refractivity contribution in [1.29, 1.82) is 5.26 Å². The Hall–Kier alpha value is -3.20. The molecule has 0 unspecified atom stereocenters. The van der Waals surface area contributed by atoms with Crippen molar-refractivity contribution in [1.82, 2.24) is 5.43 Å². The minimum Gasteiger partial charge on any atom is -0.484 e. The van der Waals surface area contributed by atoms with E-state index in [9.17, 15) is 9.18 Å². The van der Waals surface area contributed by atoms with E-state index < -0.39 is 5.91 Å². The third kappa shape index (κ3) is 4.93. The first-order valence-corrected chi connectivity index (χ1v) is 6.80. The molecule has 2 rings (SSSR count). The van der Waals surface area contributed by atoms with E-state index in [2.05, 4.69) is 10.5 Å². The Balaban J connectivity index is 1.85. The zero-order valence-corrected chi connectivity index (χ0v) is 12.4. The van der Waals surface area contributed by atoms with Gasteiger partial charge in [-0.05, 0) is 48.9 Å². The van der Waals surface area contributed by atoms with Crippen molar-refractivity contribution in [3.05, 3.63) is 65.5 Å². The monoisotopic (exact) mass is 311 g/mol. The lowest BCUT2D eigenvalue weighted by Crippen LogP contribution is -2.25. The Morgan fingerprint density at radius 3 is 2.48 bits per heavy atom. The summed E-state index contributed by atoms with van der Waals surface area (Å²) in [7, 11) is 0. The summed E-state index contributed by atoms with van der Waals surface area (Å²) in [6.07, 6.45) is 0. The minimum atomic E-state index is -0.421. The van der Waals surface area contributed by atoms with Gasteiger partial charge in [0.2, 0.25) is 0 Å². The molecular weight excluding hydrogens is 297 g/mol. The molecule has 0 saturated heterocycles. The van der Waals surface area contributed by atoms with Crippen LogP contribution >= 0.6 is 0 Å². The SMILES string of the molecule is C/C(=N/NC(=O)COc1ccc(C#N)cc1)c1ccc(F)cc1. The molecule has 1 N–H and O–H groups in total. The summed E-state index contributed by atoms with van der Waals surface area (Å²) < 4.78 is 18.1. The van der Waals surface area contributed by atoms with Gasteiger partial charge in [-0.1, -0.05) is 12.1 Å². The molecule has 0 spiro atoms. The predicted octanol–water partition coefficient (Wildman–Crippen LogP) is 2.62. The smallest absolute Gasteiger partial charge is 0.277 e. The number of carbonyl (C=O) groups is 1. The van der Waals surface area contributed by atoms with E-state index in [4.69, 9.17) is 10.00 Å². The Morgan fingerprint density at radius 1 is 1.22 bits per heavy atom. The van der Waals surface area contributed by atoms with Gasteiger partial charge >= 0.3 is 0 Å². The molecule has 23 heavy (non-hydrogen) atoms. The summed E-state index contributed by atoms with van der Waals surface area (Å²) >= 11 is 0. The van der Waals surface area contributed by atoms with Crippen LogP contribution in [0.2, 0.25) is 0 Å². The zero-order chi connectivity index (χ0) is 16.7. The van der Waals surface area contributed by atoms with Crippen molar-refractivity contribution in [2.24, 2.45) is 5.10 Å². The third-order valence-electron chi connectivity index (χ3n) is 2.96. The number of hydrogen-bond donors (Lipinski definition) is 1. The Labute approximate surface area is 133 Å². The number of hydrazone groups is 1. The molecule has 0 fully saturated rings. The number of amides is 1. The summed E-state index contributed by atoms with van der Waals surface area (Å²) in [5.41, 5.74) is 4.14. The van der Waals surface area contributed by atoms with Gasteiger partial charge < -0.3 is 4.74 Å². The van der Waals surface area contributed by atoms with Gasteiger partial charge in [-0.2, -0.15) is 10.4 Å². The van der Waals surface area contributed by atoms with Crippen molar-refractivity contribution in [2.45, 2.75) is 6.92 Å². The van der Waals surface area contributed by atoms with Crippen LogP contribution in [0.5, 0.6) is 5.75 Å². The molecule has 0 bridgehead atoms. The fraction of sp³-hybridized carbons (Fsp3) is 0.118. The van der Waals surface area contributed by atoms with Gasteiger partial charge in [0, 0.05) is 0 Å². The van der Waals surface area contributed by atoms with Crippen LogP contribution in [0.4, 0.5) is 4.39 Å². The molecule has 2 aromatic carbocycles. The van der Waals surface area contributed by atoms with Crippen molar-refractivity contribution < 1.29 is 13.9 Å². The second kappa shape index (κ2) is 7.71. The molecule has 0 aliphatic rings. The molecule has 0 atom stereocenters. The van der Waals surface area contributed by atoms with E-state index in [-0.39, 0.29) is 12.4 Å². The standard InChI is InChI=1S/C17H14FN3O2/c1-12(14-4-6-15(18)7-5-14)20-21-17(22)11-23-16-8-2-13(10-19)3-9-16/h2-9H,11H2,1H3,(H,21,22)/b20-12-. The second-order valence-corrected chi connectivity index (χ2v) is 4.66. The highest BCUT2D eigenvalue weighted by atomic mass is 19.1. The van der Waals surface area contributed by atoms with Crippen molar-refractivity contribution in [3.8, 4) is 11.8 Å². The van der Waals surface area contributed by atoms with E-state index in [1.54, 1.807) is 43.3 Å². The molecule has 0 aliphatic carbocycles. The summed E-state index contributed by atoms with van der Waals surface area (Å²) in [4.78, 5) is 11.7. The van der Waals surface area contributed by atoms with E-state index in [1.807, 2.05) is 6.07 Å². The van der Waals surface area contributed by atoms with E-state index in [1.165, 1.54) is 12.1 Å². The van der Waals surface area contributed by atoms with E-state index >= 15 is 0 Å². The van der Waals surface area contributed by atoms with Crippen molar-refractivity contribution >= 4 is 11.6 Å². The first kappa shape index (κ1) is 16.2. The zero-order valence-electron chi connectivity index (χ0n) is 12.4. The Kier molecular flexibility index (Phi) is 5.42. The average molecular weight is 311 g/mol. The molecule has 6 heteroatoms. The lowest BCUT2D eigenvalue weighted by atomic mass is 10.1. The predicted molar refractivity (Wildman–Crippen MR) is 83.4 cm³/mol. The van der Waals surface area contributed by atoms with Crippen LogP contribution < -0.4 is 10.2 Å². The molecule has 5 nitrogen and oxygen atoms in total. The number of ether oxygens (including phenoxy) is 1. The molecular formula is C17H14FN3O2. The molecule has 2 aromatic rings. The number of benzene rings is 2. The number of nitrogens with zero attached hydrogens (tertiary/aromatic N) is 2. The number of rotatable bonds is 5. The van der Waals surface area contributed by atoms with Gasteiger partial charge in [-0.3, -0.25) is 4.79 Å². The first-order chi connectivity index (χ1) is 11.1. The highest BCUT2D eigenvalue weighted by Gasteiger charge is 2.03. The van der Waals surface area contributed by atoms with Gasteiger partial charge in [0.1, 0.15) is 11.6 Å². The number of nitriles is 1. The average Bonchev–Trinajstić information content (AvgIpc) is 2.59. The topological polar surface area (TPSA) is 74.5 Å². The Bertz CT molecular complexity index is 747. The maximum Gasteiger partial charge on any atom is 0.277 e. The lowest BCUT2D eigenvalue weighted by molar-refractivity contribution is -0.123. The molecule has 0 saturated carbocycles. The quantitative estimate of drug-likeness (QED) is 0.681. The molecule has 116 valence electrons. The van der Waals surface area contributed by atoms with Gasteiger partial charge in [-0.15, -0.1) is 0 Å². The summed E-state index contributed by atoms with van der Waals surface area (Å²) in [6.45, 7) is 1.50. The lowest BCUT2D eigenvalue weighted by Gasteiger charge is -2.06. The highest BCUT2D eigenvalue weighted by molar-refractivity contribution is 5.99. The van der Waals surface area contributed by atoms with Crippen LogP contribution in [0.1, 0.15) is 18.1 Å². The van der Waals surface area contributed by atoms with E-state index in [0.717, 1.165) is 0 Å². The fourth-order valence-electron chi connectivity index (χ4n) is 1.71. The highest BCUT2D eigenvalue weighted by Crippen LogP contribution is 2.11. The summed E-state index contributed by atoms with van der Waals surface area (Å²) in [5.74, 6) is -0.268. The fourth-order valence-corrected chi connectivity index (χ4v) is 1.71. The maximum absolute atomic E-state index is 12.8. The molecule has 1 amide bonds. The van der Waals surface area contributed by atoms with Crippen molar-refractivity contribution in [2.75, 3.05) is 6.61 Å². The van der Waals surface area contributed by atoms with Gasteiger partial charge in [-0.25, -0.2) is 9.82 Å². The van der Waals surface area contributed by atoms with Gasteiger partial charge in [0.05, 0.1) is 17.3 Å². The second-order valence-electron chi connectivity index (χ2n) is 4.66. The maximum atomic E-state index is 12.8. The number of hydrogen-bond acceptors (Lipinski definition) is 4. The molecule has 0 aromatic heterocycles. The van der Waals surface area contributed by atoms with E-state index in [0.29, 0.717) is 22.6 Å². The van der Waals surface area contributed by atoms with Gasteiger partial charge in [0.25, 0.3) is 5.91 Å².